The number of benzene rings is 9. The SMILES string of the molecule is c1ccc(-c2cc3ccsc3cc2N2c3cccc4c3B(c3ccc5sc6ccccc6c5c32)c2ccc3sc5ccccc5c3c2N4c2cc3sccc3cc2-c2ccccc2)cc1. The van der Waals surface area contributed by atoms with E-state index in [4.69, 9.17) is 0 Å². The summed E-state index contributed by atoms with van der Waals surface area (Å²) in [4.78, 5) is 5.33. The Morgan fingerprint density at radius 2 is 0.815 bits per heavy atom. The molecule has 0 atom stereocenters. The van der Waals surface area contributed by atoms with Gasteiger partial charge in [0.1, 0.15) is 0 Å². The molecule has 4 aromatic heterocycles. The van der Waals surface area contributed by atoms with Crippen LogP contribution in [0.2, 0.25) is 0 Å². The van der Waals surface area contributed by atoms with Crippen molar-refractivity contribution in [3.05, 3.63) is 199 Å². The third kappa shape index (κ3) is 5.15. The maximum Gasteiger partial charge on any atom is 0.252 e. The lowest BCUT2D eigenvalue weighted by molar-refractivity contribution is 1.27. The van der Waals surface area contributed by atoms with Crippen LogP contribution in [-0.2, 0) is 0 Å². The molecule has 302 valence electrons. The second-order valence-electron chi connectivity index (χ2n) is 17.2. The summed E-state index contributed by atoms with van der Waals surface area (Å²) in [6, 6.07) is 71.2. The second kappa shape index (κ2) is 13.8. The van der Waals surface area contributed by atoms with Gasteiger partial charge in [-0.2, -0.15) is 0 Å². The van der Waals surface area contributed by atoms with E-state index in [9.17, 15) is 0 Å². The van der Waals surface area contributed by atoms with Crippen molar-refractivity contribution >= 4 is 163 Å². The molecule has 2 aliphatic heterocycles. The number of rotatable bonds is 4. The molecule has 0 spiro atoms. The molecular weight excluding hydrogens is 864 g/mol. The van der Waals surface area contributed by atoms with Gasteiger partial charge in [0, 0.05) is 72.2 Å². The van der Waals surface area contributed by atoms with Crippen LogP contribution in [0.3, 0.4) is 0 Å². The zero-order chi connectivity index (χ0) is 42.3. The van der Waals surface area contributed by atoms with Gasteiger partial charge in [-0.05, 0) is 122 Å². The fourth-order valence-electron chi connectivity index (χ4n) is 11.1. The summed E-state index contributed by atoms with van der Waals surface area (Å²) in [7, 11) is 0. The van der Waals surface area contributed by atoms with Crippen LogP contribution in [0.15, 0.2) is 199 Å². The summed E-state index contributed by atoms with van der Waals surface area (Å²) in [6.07, 6.45) is 0. The van der Waals surface area contributed by atoms with Crippen LogP contribution in [0.5, 0.6) is 0 Å². The summed E-state index contributed by atoms with van der Waals surface area (Å²) >= 11 is 7.44. The molecule has 0 radical (unpaired) electrons. The number of fused-ring (bicyclic) bond motifs is 14. The molecule has 15 rings (SSSR count). The van der Waals surface area contributed by atoms with Crippen molar-refractivity contribution < 1.29 is 0 Å². The van der Waals surface area contributed by atoms with E-state index in [2.05, 4.69) is 209 Å². The molecule has 0 saturated heterocycles. The molecule has 0 N–H and O–H groups in total. The first-order valence-electron chi connectivity index (χ1n) is 22.0. The largest absolute Gasteiger partial charge is 0.310 e. The number of nitrogens with zero attached hydrogens (tertiary/aromatic N) is 2. The Morgan fingerprint density at radius 3 is 1.31 bits per heavy atom. The first kappa shape index (κ1) is 36.4. The standard InChI is InChI=1S/C58H33BN2S4/c1-3-12-34(13-4-1)40-30-36-26-28-62-52(36)32-46(40)60-44-18-11-19-45-56(44)59(42-22-24-50-54(57(42)60)38-16-7-9-20-48(38)64-50)43-23-25-51-55(39-17-8-10-21-49(39)65-51)58(43)61(45)47-33-53-37(27-29-63-53)31-41(47)35-14-5-2-6-15-35/h1-33H. The normalized spacial score (nSPS) is 13.1. The average molecular weight is 897 g/mol. The Bertz CT molecular complexity index is 3840. The highest BCUT2D eigenvalue weighted by Crippen LogP contribution is 2.54. The van der Waals surface area contributed by atoms with Gasteiger partial charge >= 0.3 is 0 Å². The van der Waals surface area contributed by atoms with Gasteiger partial charge in [0.2, 0.25) is 0 Å². The van der Waals surface area contributed by atoms with E-state index < -0.39 is 0 Å². The van der Waals surface area contributed by atoms with Crippen molar-refractivity contribution in [2.75, 3.05) is 9.80 Å². The van der Waals surface area contributed by atoms with Gasteiger partial charge in [-0.1, -0.05) is 115 Å². The molecule has 0 amide bonds. The van der Waals surface area contributed by atoms with Crippen molar-refractivity contribution in [2.45, 2.75) is 0 Å². The quantitative estimate of drug-likeness (QED) is 0.162. The zero-order valence-electron chi connectivity index (χ0n) is 34.7. The number of hydrogen-bond donors (Lipinski definition) is 0. The van der Waals surface area contributed by atoms with Crippen LogP contribution in [0, 0.1) is 0 Å². The van der Waals surface area contributed by atoms with Gasteiger partial charge in [-0.15, -0.1) is 45.3 Å². The Kier molecular flexibility index (Phi) is 7.69. The highest BCUT2D eigenvalue weighted by atomic mass is 32.1. The van der Waals surface area contributed by atoms with Crippen LogP contribution in [0.25, 0.3) is 82.8 Å². The summed E-state index contributed by atoms with van der Waals surface area (Å²) in [5.41, 5.74) is 16.3. The average Bonchev–Trinajstić information content (AvgIpc) is 4.18. The zero-order valence-corrected chi connectivity index (χ0v) is 37.9. The monoisotopic (exact) mass is 896 g/mol. The van der Waals surface area contributed by atoms with Crippen molar-refractivity contribution in [1.82, 2.24) is 0 Å². The topological polar surface area (TPSA) is 6.48 Å². The third-order valence-corrected chi connectivity index (χ3v) is 17.8. The molecule has 9 aromatic carbocycles. The summed E-state index contributed by atoms with van der Waals surface area (Å²) in [5.74, 6) is 0. The highest BCUT2D eigenvalue weighted by Gasteiger charge is 2.45. The van der Waals surface area contributed by atoms with Gasteiger partial charge < -0.3 is 9.80 Å². The predicted molar refractivity (Wildman–Crippen MR) is 288 cm³/mol. The van der Waals surface area contributed by atoms with E-state index in [0.717, 1.165) is 0 Å². The van der Waals surface area contributed by atoms with Crippen LogP contribution in [0.4, 0.5) is 34.1 Å². The third-order valence-electron chi connectivity index (χ3n) is 13.8. The van der Waals surface area contributed by atoms with Crippen LogP contribution < -0.4 is 26.2 Å². The predicted octanol–water partition coefficient (Wildman–Crippen LogP) is 16.3. The van der Waals surface area contributed by atoms with Crippen LogP contribution in [0.1, 0.15) is 0 Å². The van der Waals surface area contributed by atoms with Crippen molar-refractivity contribution in [3.63, 3.8) is 0 Å². The van der Waals surface area contributed by atoms with Gasteiger partial charge in [-0.3, -0.25) is 0 Å². The fourth-order valence-corrected chi connectivity index (χ4v) is 14.9. The lowest BCUT2D eigenvalue weighted by atomic mass is 9.33. The Labute approximate surface area is 391 Å². The number of thiophene rings is 4. The molecule has 65 heavy (non-hydrogen) atoms. The van der Waals surface area contributed by atoms with Crippen LogP contribution >= 0.6 is 45.3 Å². The Hall–Kier alpha value is -7.00. The first-order chi connectivity index (χ1) is 32.2. The molecule has 7 heteroatoms. The minimum Gasteiger partial charge on any atom is -0.310 e. The van der Waals surface area contributed by atoms with E-state index in [-0.39, 0.29) is 6.71 Å². The number of anilines is 6. The van der Waals surface area contributed by atoms with E-state index >= 15 is 0 Å². The molecule has 2 aliphatic rings. The van der Waals surface area contributed by atoms with Crippen molar-refractivity contribution in [1.29, 1.82) is 0 Å². The van der Waals surface area contributed by atoms with Gasteiger partial charge in [-0.25, -0.2) is 0 Å². The number of hydrogen-bond acceptors (Lipinski definition) is 6. The molecule has 0 aliphatic carbocycles. The van der Waals surface area contributed by atoms with E-state index in [1.807, 2.05) is 45.3 Å². The maximum absolute atomic E-state index is 2.66. The highest BCUT2D eigenvalue weighted by molar-refractivity contribution is 7.26. The minimum absolute atomic E-state index is 0.0267. The maximum atomic E-state index is 2.66. The molecule has 0 fully saturated rings. The van der Waals surface area contributed by atoms with Crippen LogP contribution in [-0.4, -0.2) is 6.71 Å². The fraction of sp³-hybridized carbons (Fsp3) is 0. The lowest BCUT2D eigenvalue weighted by Crippen LogP contribution is -2.61. The summed E-state index contributed by atoms with van der Waals surface area (Å²) < 4.78 is 7.80. The van der Waals surface area contributed by atoms with Crippen molar-refractivity contribution in [2.24, 2.45) is 0 Å². The smallest absolute Gasteiger partial charge is 0.252 e. The molecular formula is C58H33BN2S4. The van der Waals surface area contributed by atoms with E-state index in [0.29, 0.717) is 0 Å². The van der Waals surface area contributed by atoms with Gasteiger partial charge in [0.25, 0.3) is 6.71 Å². The van der Waals surface area contributed by atoms with Gasteiger partial charge in [0.05, 0.1) is 22.7 Å². The van der Waals surface area contributed by atoms with Crippen molar-refractivity contribution in [3.8, 4) is 22.3 Å². The summed E-state index contributed by atoms with van der Waals surface area (Å²) in [6.45, 7) is -0.0267. The minimum atomic E-state index is -0.0267. The van der Waals surface area contributed by atoms with Gasteiger partial charge in [0.15, 0.2) is 0 Å². The summed E-state index contributed by atoms with van der Waals surface area (Å²) in [5, 5.41) is 12.3. The molecule has 0 saturated carbocycles. The molecule has 0 unspecified atom stereocenters. The van der Waals surface area contributed by atoms with E-state index in [1.165, 1.54) is 133 Å². The molecule has 0 bridgehead atoms. The Balaban J connectivity index is 1.13. The second-order valence-corrected chi connectivity index (χ2v) is 21.2. The molecule has 6 heterocycles. The molecule has 2 nitrogen and oxygen atoms in total. The van der Waals surface area contributed by atoms with E-state index in [1.54, 1.807) is 0 Å². The first-order valence-corrected chi connectivity index (χ1v) is 25.4. The Morgan fingerprint density at radius 1 is 0.354 bits per heavy atom. The lowest BCUT2D eigenvalue weighted by Gasteiger charge is -2.45. The molecule has 13 aromatic rings.